The lowest BCUT2D eigenvalue weighted by Crippen LogP contribution is -1.70. The summed E-state index contributed by atoms with van der Waals surface area (Å²) in [5.41, 5.74) is 2.36. The molecule has 1 nitrogen and oxygen atoms in total. The average Bonchev–Trinajstić information content (AvgIpc) is 2.62. The summed E-state index contributed by atoms with van der Waals surface area (Å²) in [5, 5.41) is 1.24. The van der Waals surface area contributed by atoms with Crippen LogP contribution in [-0.4, -0.2) is 4.37 Å². The lowest BCUT2D eigenvalue weighted by molar-refractivity contribution is 1.39. The third-order valence-corrected chi connectivity index (χ3v) is 2.93. The molecule has 1 heterocycles. The van der Waals surface area contributed by atoms with Gasteiger partial charge >= 0.3 is 0 Å². The van der Waals surface area contributed by atoms with Gasteiger partial charge in [-0.1, -0.05) is 35.9 Å². The van der Waals surface area contributed by atoms with Gasteiger partial charge < -0.3 is 0 Å². The molecule has 0 spiro atoms. The molecule has 2 rings (SSSR count). The van der Waals surface area contributed by atoms with Crippen molar-refractivity contribution in [1.82, 2.24) is 4.37 Å². The molecule has 76 valence electrons. The van der Waals surface area contributed by atoms with Crippen molar-refractivity contribution in [2.45, 2.75) is 13.8 Å². The summed E-state index contributed by atoms with van der Waals surface area (Å²) in [5.74, 6) is 0. The third-order valence-electron chi connectivity index (χ3n) is 2.09. The summed E-state index contributed by atoms with van der Waals surface area (Å²) in [6, 6.07) is 8.31. The van der Waals surface area contributed by atoms with Crippen molar-refractivity contribution in [3.8, 4) is 0 Å². The molecular weight excluding hydrogens is 202 g/mol. The van der Waals surface area contributed by atoms with Crippen LogP contribution in [0.4, 0.5) is 0 Å². The van der Waals surface area contributed by atoms with Crippen molar-refractivity contribution in [2.75, 3.05) is 0 Å². The normalized spacial score (nSPS) is 11.1. The molecule has 0 atom stereocenters. The standard InChI is InChI=1S/C13H13NS/c1-10(2)6-5-8-12-11-7-3-4-9-13(11)15-14-12/h3-9H,1-2H3. The zero-order valence-corrected chi connectivity index (χ0v) is 9.71. The Bertz CT molecular complexity index is 516. The van der Waals surface area contributed by atoms with E-state index < -0.39 is 0 Å². The van der Waals surface area contributed by atoms with Crippen molar-refractivity contribution >= 4 is 27.7 Å². The average molecular weight is 215 g/mol. The number of aromatic nitrogens is 1. The molecule has 0 saturated carbocycles. The number of rotatable bonds is 2. The first-order valence-electron chi connectivity index (χ1n) is 4.93. The summed E-state index contributed by atoms with van der Waals surface area (Å²) < 4.78 is 5.66. The Kier molecular flexibility index (Phi) is 2.97. The van der Waals surface area contributed by atoms with Crippen LogP contribution in [-0.2, 0) is 0 Å². The summed E-state index contributed by atoms with van der Waals surface area (Å²) in [7, 11) is 0. The number of allylic oxidation sites excluding steroid dienone is 3. The highest BCUT2D eigenvalue weighted by atomic mass is 32.1. The second-order valence-electron chi connectivity index (χ2n) is 3.67. The molecule has 1 aromatic heterocycles. The minimum absolute atomic E-state index is 1.06. The first-order valence-corrected chi connectivity index (χ1v) is 5.71. The molecule has 0 fully saturated rings. The fourth-order valence-electron chi connectivity index (χ4n) is 1.36. The van der Waals surface area contributed by atoms with Crippen LogP contribution in [0.3, 0.4) is 0 Å². The Labute approximate surface area is 93.9 Å². The van der Waals surface area contributed by atoms with E-state index in [0.29, 0.717) is 0 Å². The highest BCUT2D eigenvalue weighted by Crippen LogP contribution is 2.22. The molecule has 0 N–H and O–H groups in total. The molecule has 0 amide bonds. The summed E-state index contributed by atoms with van der Waals surface area (Å²) in [6.45, 7) is 4.17. The quantitative estimate of drug-likeness (QED) is 0.681. The molecule has 0 aliphatic heterocycles. The summed E-state index contributed by atoms with van der Waals surface area (Å²) in [6.07, 6.45) is 6.21. The van der Waals surface area contributed by atoms with E-state index in [9.17, 15) is 0 Å². The van der Waals surface area contributed by atoms with Crippen molar-refractivity contribution in [3.05, 3.63) is 47.7 Å². The van der Waals surface area contributed by atoms with Gasteiger partial charge in [0.2, 0.25) is 0 Å². The van der Waals surface area contributed by atoms with Crippen LogP contribution in [0.5, 0.6) is 0 Å². The van der Waals surface area contributed by atoms with Crippen LogP contribution in [0.15, 0.2) is 42.0 Å². The highest BCUT2D eigenvalue weighted by Gasteiger charge is 2.00. The van der Waals surface area contributed by atoms with E-state index in [1.54, 1.807) is 11.5 Å². The van der Waals surface area contributed by atoms with Crippen LogP contribution >= 0.6 is 11.5 Å². The van der Waals surface area contributed by atoms with Gasteiger partial charge in [-0.25, -0.2) is 0 Å². The van der Waals surface area contributed by atoms with E-state index >= 15 is 0 Å². The maximum Gasteiger partial charge on any atom is 0.0847 e. The molecule has 2 heteroatoms. The van der Waals surface area contributed by atoms with Crippen LogP contribution in [0.25, 0.3) is 16.2 Å². The van der Waals surface area contributed by atoms with Crippen LogP contribution < -0.4 is 0 Å². The van der Waals surface area contributed by atoms with E-state index in [2.05, 4.69) is 54.6 Å². The van der Waals surface area contributed by atoms with Gasteiger partial charge in [0, 0.05) is 5.39 Å². The molecule has 2 aromatic rings. The van der Waals surface area contributed by atoms with Gasteiger partial charge in [-0.05, 0) is 37.5 Å². The van der Waals surface area contributed by atoms with Gasteiger partial charge in [-0.15, -0.1) is 0 Å². The van der Waals surface area contributed by atoms with Crippen molar-refractivity contribution in [1.29, 1.82) is 0 Å². The van der Waals surface area contributed by atoms with Crippen LogP contribution in [0.2, 0.25) is 0 Å². The van der Waals surface area contributed by atoms with Gasteiger partial charge in [0.1, 0.15) is 0 Å². The lowest BCUT2D eigenvalue weighted by atomic mass is 10.2. The number of hydrogen-bond acceptors (Lipinski definition) is 2. The van der Waals surface area contributed by atoms with E-state index in [-0.39, 0.29) is 0 Å². The van der Waals surface area contributed by atoms with E-state index in [0.717, 1.165) is 5.69 Å². The number of nitrogens with zero attached hydrogens (tertiary/aromatic N) is 1. The maximum absolute atomic E-state index is 4.42. The fraction of sp³-hybridized carbons (Fsp3) is 0.154. The molecule has 0 bridgehead atoms. The van der Waals surface area contributed by atoms with E-state index in [1.165, 1.54) is 15.7 Å². The van der Waals surface area contributed by atoms with Crippen LogP contribution in [0, 0.1) is 0 Å². The molecule has 0 aliphatic rings. The van der Waals surface area contributed by atoms with E-state index in [1.807, 2.05) is 6.07 Å². The largest absolute Gasteiger partial charge is 0.192 e. The third kappa shape index (κ3) is 2.34. The Morgan fingerprint density at radius 2 is 2.07 bits per heavy atom. The first-order chi connectivity index (χ1) is 7.27. The zero-order chi connectivity index (χ0) is 10.7. The van der Waals surface area contributed by atoms with Gasteiger partial charge in [0.05, 0.1) is 10.4 Å². The smallest absolute Gasteiger partial charge is 0.0847 e. The SMILES string of the molecule is CC(C)=CC=Cc1nsc2ccccc12. The van der Waals surface area contributed by atoms with Gasteiger partial charge in [0.15, 0.2) is 0 Å². The molecule has 0 radical (unpaired) electrons. The molecule has 0 saturated heterocycles. The second-order valence-corrected chi connectivity index (χ2v) is 4.47. The Morgan fingerprint density at radius 3 is 2.87 bits per heavy atom. The topological polar surface area (TPSA) is 12.9 Å². The zero-order valence-electron chi connectivity index (χ0n) is 8.90. The van der Waals surface area contributed by atoms with Gasteiger partial charge in [-0.3, -0.25) is 0 Å². The van der Waals surface area contributed by atoms with Crippen molar-refractivity contribution < 1.29 is 0 Å². The predicted octanol–water partition coefficient (Wildman–Crippen LogP) is 4.28. The summed E-state index contributed by atoms with van der Waals surface area (Å²) in [4.78, 5) is 0. The Hall–Kier alpha value is -1.41. The molecule has 0 unspecified atom stereocenters. The lowest BCUT2D eigenvalue weighted by Gasteiger charge is -1.88. The predicted molar refractivity (Wildman–Crippen MR) is 68.1 cm³/mol. The number of hydrogen-bond donors (Lipinski definition) is 0. The van der Waals surface area contributed by atoms with Crippen LogP contribution in [0.1, 0.15) is 19.5 Å². The highest BCUT2D eigenvalue weighted by molar-refractivity contribution is 7.13. The first kappa shape index (κ1) is 10.1. The van der Waals surface area contributed by atoms with Gasteiger partial charge in [0.25, 0.3) is 0 Å². The molecular formula is C13H13NS. The fourth-order valence-corrected chi connectivity index (χ4v) is 2.12. The van der Waals surface area contributed by atoms with Gasteiger partial charge in [-0.2, -0.15) is 4.37 Å². The monoisotopic (exact) mass is 215 g/mol. The molecule has 0 aliphatic carbocycles. The molecule has 1 aromatic carbocycles. The Morgan fingerprint density at radius 1 is 1.27 bits per heavy atom. The number of benzene rings is 1. The Balaban J connectivity index is 2.37. The number of fused-ring (bicyclic) bond motifs is 1. The van der Waals surface area contributed by atoms with Crippen molar-refractivity contribution in [3.63, 3.8) is 0 Å². The maximum atomic E-state index is 4.42. The summed E-state index contributed by atoms with van der Waals surface area (Å²) >= 11 is 1.55. The molecule has 15 heavy (non-hydrogen) atoms. The minimum atomic E-state index is 1.06. The minimum Gasteiger partial charge on any atom is -0.192 e. The van der Waals surface area contributed by atoms with Crippen molar-refractivity contribution in [2.24, 2.45) is 0 Å². The second kappa shape index (κ2) is 4.41. The van der Waals surface area contributed by atoms with E-state index in [4.69, 9.17) is 0 Å².